The van der Waals surface area contributed by atoms with E-state index in [9.17, 15) is 9.18 Å². The van der Waals surface area contributed by atoms with E-state index < -0.39 is 0 Å². The van der Waals surface area contributed by atoms with E-state index in [2.05, 4.69) is 21.7 Å². The Labute approximate surface area is 151 Å². The van der Waals surface area contributed by atoms with Crippen LogP contribution in [0.25, 0.3) is 0 Å². The summed E-state index contributed by atoms with van der Waals surface area (Å²) in [7, 11) is 0. The van der Waals surface area contributed by atoms with Gasteiger partial charge in [-0.05, 0) is 41.1 Å². The van der Waals surface area contributed by atoms with Gasteiger partial charge in [-0.25, -0.2) is 4.39 Å². The van der Waals surface area contributed by atoms with Gasteiger partial charge in [-0.1, -0.05) is 12.1 Å². The Hall–Kier alpha value is -1.76. The van der Waals surface area contributed by atoms with Gasteiger partial charge in [0.1, 0.15) is 5.82 Å². The first-order chi connectivity index (χ1) is 12.2. The van der Waals surface area contributed by atoms with Crippen LogP contribution in [0.1, 0.15) is 22.0 Å². The van der Waals surface area contributed by atoms with Crippen LogP contribution in [0.3, 0.4) is 0 Å². The number of carbonyl (C=O) groups is 1. The fourth-order valence-corrected chi connectivity index (χ4v) is 4.70. The number of nitrogens with one attached hydrogen (secondary N) is 1. The zero-order valence-corrected chi connectivity index (χ0v) is 14.9. The molecule has 0 saturated carbocycles. The summed E-state index contributed by atoms with van der Waals surface area (Å²) in [5.41, 5.74) is 2.14. The minimum Gasteiger partial charge on any atom is -0.339 e. The normalized spacial score (nSPS) is 21.2. The molecule has 0 unspecified atom stereocenters. The van der Waals surface area contributed by atoms with Gasteiger partial charge < -0.3 is 10.2 Å². The monoisotopic (exact) mass is 359 g/mol. The summed E-state index contributed by atoms with van der Waals surface area (Å²) < 4.78 is 13.8. The average molecular weight is 359 g/mol. The highest BCUT2D eigenvalue weighted by Gasteiger charge is 2.32. The van der Waals surface area contributed by atoms with Crippen molar-refractivity contribution >= 4 is 17.2 Å². The van der Waals surface area contributed by atoms with Crippen molar-refractivity contribution in [1.82, 2.24) is 15.1 Å². The second-order valence-corrected chi connectivity index (χ2v) is 7.61. The van der Waals surface area contributed by atoms with Gasteiger partial charge in [0, 0.05) is 37.6 Å². The lowest BCUT2D eigenvalue weighted by molar-refractivity contribution is -0.133. The first-order valence-corrected chi connectivity index (χ1v) is 9.64. The Morgan fingerprint density at radius 3 is 2.88 bits per heavy atom. The molecule has 4 rings (SSSR count). The minimum absolute atomic E-state index is 0.0439. The maximum absolute atomic E-state index is 13.8. The van der Waals surface area contributed by atoms with Gasteiger partial charge in [-0.15, -0.1) is 11.3 Å². The molecule has 1 amide bonds. The molecule has 4 nitrogen and oxygen atoms in total. The van der Waals surface area contributed by atoms with E-state index in [0.717, 1.165) is 44.7 Å². The lowest BCUT2D eigenvalue weighted by Crippen LogP contribution is -2.50. The number of hydrogen-bond acceptors (Lipinski definition) is 4. The Morgan fingerprint density at radius 1 is 1.24 bits per heavy atom. The van der Waals surface area contributed by atoms with E-state index >= 15 is 0 Å². The molecule has 1 saturated heterocycles. The SMILES string of the molecule is O=C(CN1CCc2sccc2[C@@H]1c1cccc(F)c1)N1CCNCC1. The highest BCUT2D eigenvalue weighted by molar-refractivity contribution is 7.10. The number of benzene rings is 1. The van der Waals surface area contributed by atoms with Crippen LogP contribution in [0.2, 0.25) is 0 Å². The summed E-state index contributed by atoms with van der Waals surface area (Å²) in [5.74, 6) is -0.0604. The molecule has 1 fully saturated rings. The van der Waals surface area contributed by atoms with Crippen LogP contribution in [0.4, 0.5) is 4.39 Å². The molecular weight excluding hydrogens is 337 g/mol. The standard InChI is InChI=1S/C19H22FN3OS/c20-15-3-1-2-14(12-15)19-16-5-11-25-17(16)4-8-23(19)13-18(24)22-9-6-21-7-10-22/h1-3,5,11-12,19,21H,4,6-10,13H2/t19-/m0/s1. The van der Waals surface area contributed by atoms with Crippen LogP contribution >= 0.6 is 11.3 Å². The predicted molar refractivity (Wildman–Crippen MR) is 97.3 cm³/mol. The first kappa shape index (κ1) is 16.7. The van der Waals surface area contributed by atoms with Crippen molar-refractivity contribution in [3.63, 3.8) is 0 Å². The predicted octanol–water partition coefficient (Wildman–Crippen LogP) is 2.27. The van der Waals surface area contributed by atoms with E-state index in [1.54, 1.807) is 23.5 Å². The molecular formula is C19H22FN3OS. The molecule has 0 bridgehead atoms. The molecule has 0 spiro atoms. The summed E-state index contributed by atoms with van der Waals surface area (Å²) in [6.45, 7) is 4.45. The van der Waals surface area contributed by atoms with E-state index in [4.69, 9.17) is 0 Å². The lowest BCUT2D eigenvalue weighted by Gasteiger charge is -2.37. The summed E-state index contributed by atoms with van der Waals surface area (Å²) in [4.78, 5) is 18.2. The largest absolute Gasteiger partial charge is 0.339 e. The highest BCUT2D eigenvalue weighted by atomic mass is 32.1. The average Bonchev–Trinajstić information content (AvgIpc) is 3.11. The van der Waals surface area contributed by atoms with E-state index in [1.165, 1.54) is 16.5 Å². The zero-order chi connectivity index (χ0) is 17.2. The fraction of sp³-hybridized carbons (Fsp3) is 0.421. The van der Waals surface area contributed by atoms with Gasteiger partial charge in [-0.2, -0.15) is 0 Å². The Kier molecular flexibility index (Phi) is 4.83. The van der Waals surface area contributed by atoms with Gasteiger partial charge in [0.2, 0.25) is 5.91 Å². The number of thiophene rings is 1. The molecule has 0 aliphatic carbocycles. The Morgan fingerprint density at radius 2 is 2.08 bits per heavy atom. The van der Waals surface area contributed by atoms with E-state index in [1.807, 2.05) is 11.0 Å². The molecule has 25 heavy (non-hydrogen) atoms. The highest BCUT2D eigenvalue weighted by Crippen LogP contribution is 2.37. The van der Waals surface area contributed by atoms with Crippen LogP contribution in [0, 0.1) is 5.82 Å². The summed E-state index contributed by atoms with van der Waals surface area (Å²) >= 11 is 1.75. The van der Waals surface area contributed by atoms with Crippen molar-refractivity contribution in [2.24, 2.45) is 0 Å². The van der Waals surface area contributed by atoms with Gasteiger partial charge in [0.05, 0.1) is 12.6 Å². The third kappa shape index (κ3) is 3.47. The van der Waals surface area contributed by atoms with Gasteiger partial charge in [0.25, 0.3) is 0 Å². The van der Waals surface area contributed by atoms with Crippen molar-refractivity contribution in [2.75, 3.05) is 39.3 Å². The number of fused-ring (bicyclic) bond motifs is 1. The lowest BCUT2D eigenvalue weighted by atomic mass is 9.93. The van der Waals surface area contributed by atoms with Crippen LogP contribution in [-0.2, 0) is 11.2 Å². The Balaban J connectivity index is 1.60. The molecule has 2 aromatic rings. The molecule has 2 aliphatic heterocycles. The van der Waals surface area contributed by atoms with E-state index in [0.29, 0.717) is 6.54 Å². The molecule has 1 aromatic heterocycles. The summed E-state index contributed by atoms with van der Waals surface area (Å²) in [6, 6.07) is 8.86. The molecule has 0 radical (unpaired) electrons. The summed E-state index contributed by atoms with van der Waals surface area (Å²) in [5, 5.41) is 5.37. The first-order valence-electron chi connectivity index (χ1n) is 8.76. The number of halogens is 1. The quantitative estimate of drug-likeness (QED) is 0.913. The van der Waals surface area contributed by atoms with Crippen LogP contribution in [-0.4, -0.2) is 55.0 Å². The fourth-order valence-electron chi connectivity index (χ4n) is 3.79. The minimum atomic E-state index is -0.228. The summed E-state index contributed by atoms with van der Waals surface area (Å²) in [6.07, 6.45) is 0.952. The van der Waals surface area contributed by atoms with Crippen LogP contribution < -0.4 is 5.32 Å². The van der Waals surface area contributed by atoms with Gasteiger partial charge in [0.15, 0.2) is 0 Å². The van der Waals surface area contributed by atoms with Crippen LogP contribution in [0.15, 0.2) is 35.7 Å². The molecule has 1 atom stereocenters. The topological polar surface area (TPSA) is 35.6 Å². The molecule has 2 aliphatic rings. The van der Waals surface area contributed by atoms with Gasteiger partial charge >= 0.3 is 0 Å². The smallest absolute Gasteiger partial charge is 0.236 e. The number of nitrogens with zero attached hydrogens (tertiary/aromatic N) is 2. The number of rotatable bonds is 3. The second kappa shape index (κ2) is 7.23. The number of amides is 1. The third-order valence-electron chi connectivity index (χ3n) is 5.04. The van der Waals surface area contributed by atoms with Crippen molar-refractivity contribution in [3.8, 4) is 0 Å². The number of hydrogen-bond donors (Lipinski definition) is 1. The third-order valence-corrected chi connectivity index (χ3v) is 6.03. The maximum atomic E-state index is 13.8. The van der Waals surface area contributed by atoms with Crippen molar-refractivity contribution in [3.05, 3.63) is 57.5 Å². The molecule has 1 N–H and O–H groups in total. The zero-order valence-electron chi connectivity index (χ0n) is 14.1. The van der Waals surface area contributed by atoms with Crippen molar-refractivity contribution < 1.29 is 9.18 Å². The molecule has 1 aromatic carbocycles. The molecule has 6 heteroatoms. The van der Waals surface area contributed by atoms with Crippen molar-refractivity contribution in [2.45, 2.75) is 12.5 Å². The van der Waals surface area contributed by atoms with Gasteiger partial charge in [-0.3, -0.25) is 9.69 Å². The second-order valence-electron chi connectivity index (χ2n) is 6.61. The number of carbonyl (C=O) groups excluding carboxylic acids is 1. The maximum Gasteiger partial charge on any atom is 0.236 e. The van der Waals surface area contributed by atoms with Crippen LogP contribution in [0.5, 0.6) is 0 Å². The molecule has 3 heterocycles. The van der Waals surface area contributed by atoms with Crippen molar-refractivity contribution in [1.29, 1.82) is 0 Å². The number of piperazine rings is 1. The van der Waals surface area contributed by atoms with E-state index in [-0.39, 0.29) is 17.8 Å². The molecule has 132 valence electrons. The Bertz CT molecular complexity index is 757.